The van der Waals surface area contributed by atoms with Gasteiger partial charge in [-0.3, -0.25) is 0 Å². The van der Waals surface area contributed by atoms with Crippen molar-refractivity contribution in [2.24, 2.45) is 5.92 Å². The van der Waals surface area contributed by atoms with Crippen LogP contribution < -0.4 is 4.90 Å². The molecule has 1 aliphatic carbocycles. The number of aldehydes is 1. The Labute approximate surface area is 190 Å². The molecule has 3 atom stereocenters. The lowest BCUT2D eigenvalue weighted by Gasteiger charge is -2.38. The first-order chi connectivity index (χ1) is 15.6. The number of rotatable bonds is 4. The van der Waals surface area contributed by atoms with Crippen molar-refractivity contribution in [2.75, 3.05) is 18.0 Å². The van der Waals surface area contributed by atoms with Crippen LogP contribution in [0.1, 0.15) is 66.2 Å². The lowest BCUT2D eigenvalue weighted by Crippen LogP contribution is -2.34. The maximum Gasteiger partial charge on any atom is 0.123 e. The average Bonchev–Trinajstić information content (AvgIpc) is 2.85. The Morgan fingerprint density at radius 3 is 2.28 bits per heavy atom. The Bertz CT molecular complexity index is 1070. The molecule has 5 rings (SSSR count). The van der Waals surface area contributed by atoms with Crippen LogP contribution in [0.25, 0.3) is 0 Å². The van der Waals surface area contributed by atoms with E-state index in [-0.39, 0.29) is 11.8 Å². The summed E-state index contributed by atoms with van der Waals surface area (Å²) in [5.41, 5.74) is 6.54. The van der Waals surface area contributed by atoms with Crippen molar-refractivity contribution in [1.29, 1.82) is 0 Å². The van der Waals surface area contributed by atoms with E-state index < -0.39 is 0 Å². The highest BCUT2D eigenvalue weighted by Gasteiger charge is 2.35. The van der Waals surface area contributed by atoms with Gasteiger partial charge in [-0.25, -0.2) is 0 Å². The summed E-state index contributed by atoms with van der Waals surface area (Å²) in [6, 6.07) is 25.8. The summed E-state index contributed by atoms with van der Waals surface area (Å²) in [6.45, 7) is 4.16. The molecule has 3 aromatic rings. The molecule has 1 fully saturated rings. The predicted molar refractivity (Wildman–Crippen MR) is 130 cm³/mol. The zero-order chi connectivity index (χ0) is 22.1. The minimum atomic E-state index is 0.217. The van der Waals surface area contributed by atoms with Crippen LogP contribution in [0.3, 0.4) is 0 Å². The number of hydrogen-bond acceptors (Lipinski definition) is 3. The van der Waals surface area contributed by atoms with Crippen LogP contribution in [0.2, 0.25) is 0 Å². The molecule has 1 saturated heterocycles. The van der Waals surface area contributed by atoms with Crippen LogP contribution in [0.15, 0.2) is 72.8 Å². The number of anilines is 1. The standard InChI is InChI=1S/C29H31NO2/c1-20-17-28(22-5-3-2-4-6-22)29(26-12-11-25(32)18-27(20)26)23-7-9-24(10-8-23)30-15-13-21(19-31)14-16-30/h2-12,18-21,28-29,32H,13-17H2,1H3/t20-,28-,29-/m1/s1. The molecule has 0 unspecified atom stereocenters. The summed E-state index contributed by atoms with van der Waals surface area (Å²) < 4.78 is 0. The minimum Gasteiger partial charge on any atom is -0.508 e. The number of piperidine rings is 1. The lowest BCUT2D eigenvalue weighted by atomic mass is 9.66. The summed E-state index contributed by atoms with van der Waals surface area (Å²) in [4.78, 5) is 13.5. The molecule has 2 aliphatic rings. The Hall–Kier alpha value is -3.07. The quantitative estimate of drug-likeness (QED) is 0.504. The molecule has 3 aromatic carbocycles. The van der Waals surface area contributed by atoms with Crippen LogP contribution in [-0.2, 0) is 4.79 Å². The van der Waals surface area contributed by atoms with Crippen LogP contribution in [-0.4, -0.2) is 24.5 Å². The van der Waals surface area contributed by atoms with Crippen LogP contribution in [0.4, 0.5) is 5.69 Å². The average molecular weight is 426 g/mol. The monoisotopic (exact) mass is 425 g/mol. The van der Waals surface area contributed by atoms with E-state index in [9.17, 15) is 9.90 Å². The second kappa shape index (κ2) is 8.82. The van der Waals surface area contributed by atoms with Gasteiger partial charge >= 0.3 is 0 Å². The summed E-state index contributed by atoms with van der Waals surface area (Å²) in [5, 5.41) is 10.1. The van der Waals surface area contributed by atoms with Crippen molar-refractivity contribution in [3.05, 3.63) is 95.1 Å². The van der Waals surface area contributed by atoms with E-state index in [0.717, 1.165) is 38.6 Å². The van der Waals surface area contributed by atoms with Gasteiger partial charge in [0.2, 0.25) is 0 Å². The van der Waals surface area contributed by atoms with Gasteiger partial charge in [0.15, 0.2) is 0 Å². The summed E-state index contributed by atoms with van der Waals surface area (Å²) in [6.07, 6.45) is 4.06. The van der Waals surface area contributed by atoms with E-state index >= 15 is 0 Å². The number of nitrogens with zero attached hydrogens (tertiary/aromatic N) is 1. The van der Waals surface area contributed by atoms with Gasteiger partial charge in [-0.1, -0.05) is 55.5 Å². The van der Waals surface area contributed by atoms with Crippen molar-refractivity contribution >= 4 is 12.0 Å². The number of benzene rings is 3. The van der Waals surface area contributed by atoms with E-state index in [4.69, 9.17) is 0 Å². The second-order valence-electron chi connectivity index (χ2n) is 9.50. The molecule has 1 N–H and O–H groups in total. The van der Waals surface area contributed by atoms with Gasteiger partial charge in [0.1, 0.15) is 12.0 Å². The molecule has 0 bridgehead atoms. The molecule has 0 radical (unpaired) electrons. The number of phenolic OH excluding ortho intramolecular Hbond substituents is 1. The SMILES string of the molecule is C[C@@H]1C[C@H](c2ccccc2)[C@H](c2ccc(N3CCC(C=O)CC3)cc2)c2ccc(O)cc21. The fourth-order valence-electron chi connectivity index (χ4n) is 5.76. The fraction of sp³-hybridized carbons (Fsp3) is 0.345. The zero-order valence-electron chi connectivity index (χ0n) is 18.7. The number of carbonyl (C=O) groups excluding carboxylic acids is 1. The van der Waals surface area contributed by atoms with Gasteiger partial charge in [0.05, 0.1) is 0 Å². The minimum absolute atomic E-state index is 0.217. The lowest BCUT2D eigenvalue weighted by molar-refractivity contribution is -0.111. The molecule has 0 amide bonds. The van der Waals surface area contributed by atoms with E-state index in [2.05, 4.69) is 72.5 Å². The largest absolute Gasteiger partial charge is 0.508 e. The molecule has 0 spiro atoms. The predicted octanol–water partition coefficient (Wildman–Crippen LogP) is 6.23. The van der Waals surface area contributed by atoms with Gasteiger partial charge in [0.25, 0.3) is 0 Å². The van der Waals surface area contributed by atoms with Crippen molar-refractivity contribution in [3.63, 3.8) is 0 Å². The van der Waals surface area contributed by atoms with E-state index in [1.165, 1.54) is 27.9 Å². The molecule has 3 heteroatoms. The highest BCUT2D eigenvalue weighted by atomic mass is 16.3. The fourth-order valence-corrected chi connectivity index (χ4v) is 5.76. The zero-order valence-corrected chi connectivity index (χ0v) is 18.7. The van der Waals surface area contributed by atoms with Gasteiger partial charge in [-0.2, -0.15) is 0 Å². The van der Waals surface area contributed by atoms with Crippen molar-refractivity contribution in [2.45, 2.75) is 43.9 Å². The third-order valence-electron chi connectivity index (χ3n) is 7.52. The van der Waals surface area contributed by atoms with Gasteiger partial charge < -0.3 is 14.8 Å². The molecule has 0 aromatic heterocycles. The van der Waals surface area contributed by atoms with Crippen LogP contribution in [0, 0.1) is 5.92 Å². The number of fused-ring (bicyclic) bond motifs is 1. The molecular weight excluding hydrogens is 394 g/mol. The summed E-state index contributed by atoms with van der Waals surface area (Å²) in [5.74, 6) is 1.63. The van der Waals surface area contributed by atoms with Gasteiger partial charge in [0, 0.05) is 30.6 Å². The molecule has 0 saturated carbocycles. The van der Waals surface area contributed by atoms with Crippen molar-refractivity contribution in [3.8, 4) is 5.75 Å². The normalized spacial score (nSPS) is 23.5. The third kappa shape index (κ3) is 3.92. The van der Waals surface area contributed by atoms with Gasteiger partial charge in [-0.15, -0.1) is 0 Å². The number of hydrogen-bond donors (Lipinski definition) is 1. The molecule has 1 heterocycles. The molecule has 1 aliphatic heterocycles. The Morgan fingerprint density at radius 2 is 1.59 bits per heavy atom. The number of aromatic hydroxyl groups is 1. The van der Waals surface area contributed by atoms with E-state index in [0.29, 0.717) is 17.6 Å². The maximum absolute atomic E-state index is 11.1. The summed E-state index contributed by atoms with van der Waals surface area (Å²) >= 11 is 0. The first kappa shape index (κ1) is 20.8. The highest BCUT2D eigenvalue weighted by molar-refractivity contribution is 5.56. The Morgan fingerprint density at radius 1 is 0.875 bits per heavy atom. The first-order valence-corrected chi connectivity index (χ1v) is 11.8. The highest BCUT2D eigenvalue weighted by Crippen LogP contribution is 2.51. The Kier molecular flexibility index (Phi) is 5.73. The number of carbonyl (C=O) groups is 1. The smallest absolute Gasteiger partial charge is 0.123 e. The summed E-state index contributed by atoms with van der Waals surface area (Å²) in [7, 11) is 0. The molecule has 164 valence electrons. The Balaban J connectivity index is 1.50. The first-order valence-electron chi connectivity index (χ1n) is 11.8. The third-order valence-corrected chi connectivity index (χ3v) is 7.52. The van der Waals surface area contributed by atoms with E-state index in [1.54, 1.807) is 0 Å². The van der Waals surface area contributed by atoms with Crippen LogP contribution in [0.5, 0.6) is 5.75 Å². The molecular formula is C29H31NO2. The molecule has 32 heavy (non-hydrogen) atoms. The second-order valence-corrected chi connectivity index (χ2v) is 9.50. The molecule has 3 nitrogen and oxygen atoms in total. The van der Waals surface area contributed by atoms with Crippen molar-refractivity contribution in [1.82, 2.24) is 0 Å². The maximum atomic E-state index is 11.1. The van der Waals surface area contributed by atoms with Crippen molar-refractivity contribution < 1.29 is 9.90 Å². The number of phenols is 1. The van der Waals surface area contributed by atoms with E-state index in [1.807, 2.05) is 12.1 Å². The van der Waals surface area contributed by atoms with Crippen LogP contribution >= 0.6 is 0 Å². The van der Waals surface area contributed by atoms with Gasteiger partial charge in [-0.05, 0) is 77.6 Å². The topological polar surface area (TPSA) is 40.5 Å².